The fourth-order valence-electron chi connectivity index (χ4n) is 3.78. The van der Waals surface area contributed by atoms with Crippen LogP contribution in [0.4, 0.5) is 32.0 Å². The van der Waals surface area contributed by atoms with E-state index in [0.29, 0.717) is 19.5 Å². The van der Waals surface area contributed by atoms with Crippen LogP contribution in [0.25, 0.3) is 0 Å². The monoisotopic (exact) mass is 655 g/mol. The van der Waals surface area contributed by atoms with Crippen molar-refractivity contribution in [3.8, 4) is 5.75 Å². The standard InChI is InChI=1S/C24H20BrF6N3O3S2/c1-34-8-7-16(13-34)37-21-10-15(5-6-19(21)24(29,30)31)33-39(35,36)18-11-20(25)22(32-12-18)38-17-4-2-3-14(9-17)23(26,27)28/h2-6,9-12,16,33H,7-8,13H2,1H3. The van der Waals surface area contributed by atoms with Gasteiger partial charge >= 0.3 is 12.4 Å². The van der Waals surface area contributed by atoms with Gasteiger partial charge in [0, 0.05) is 30.2 Å². The molecular weight excluding hydrogens is 636 g/mol. The molecule has 0 bridgehead atoms. The highest BCUT2D eigenvalue weighted by atomic mass is 79.9. The lowest BCUT2D eigenvalue weighted by Gasteiger charge is -2.19. The molecule has 0 aliphatic carbocycles. The van der Waals surface area contributed by atoms with Crippen molar-refractivity contribution < 1.29 is 39.5 Å². The fraction of sp³-hybridized carbons (Fsp3) is 0.292. The van der Waals surface area contributed by atoms with Crippen LogP contribution < -0.4 is 9.46 Å². The number of likely N-dealkylation sites (tertiary alicyclic amines) is 1. The lowest BCUT2D eigenvalue weighted by molar-refractivity contribution is -0.139. The summed E-state index contributed by atoms with van der Waals surface area (Å²) in [5.74, 6) is -0.491. The molecule has 1 saturated heterocycles. The molecule has 1 N–H and O–H groups in total. The van der Waals surface area contributed by atoms with E-state index in [1.165, 1.54) is 18.2 Å². The largest absolute Gasteiger partial charge is 0.488 e. The van der Waals surface area contributed by atoms with Crippen molar-refractivity contribution in [2.45, 2.75) is 39.7 Å². The molecule has 0 spiro atoms. The number of nitrogens with one attached hydrogen (secondary N) is 1. The van der Waals surface area contributed by atoms with Crippen molar-refractivity contribution in [3.05, 3.63) is 70.3 Å². The van der Waals surface area contributed by atoms with Crippen molar-refractivity contribution in [1.29, 1.82) is 0 Å². The first-order chi connectivity index (χ1) is 18.1. The average Bonchev–Trinajstić information content (AvgIpc) is 3.23. The third-order valence-corrected chi connectivity index (χ3v) is 8.87. The van der Waals surface area contributed by atoms with Crippen LogP contribution >= 0.6 is 27.7 Å². The van der Waals surface area contributed by atoms with Crippen molar-refractivity contribution >= 4 is 43.4 Å². The molecule has 1 fully saturated rings. The van der Waals surface area contributed by atoms with Crippen molar-refractivity contribution in [2.75, 3.05) is 24.9 Å². The van der Waals surface area contributed by atoms with Gasteiger partial charge in [-0.2, -0.15) is 26.3 Å². The predicted molar refractivity (Wildman–Crippen MR) is 136 cm³/mol. The first kappa shape index (κ1) is 29.5. The van der Waals surface area contributed by atoms with E-state index in [0.717, 1.165) is 48.3 Å². The summed E-state index contributed by atoms with van der Waals surface area (Å²) in [6.45, 7) is 1.08. The topological polar surface area (TPSA) is 71.5 Å². The number of hydrogen-bond donors (Lipinski definition) is 1. The Morgan fingerprint density at radius 2 is 1.82 bits per heavy atom. The summed E-state index contributed by atoms with van der Waals surface area (Å²) in [5, 5.41) is 0.208. The zero-order valence-electron chi connectivity index (χ0n) is 20.0. The van der Waals surface area contributed by atoms with Crippen LogP contribution in [0, 0.1) is 0 Å². The van der Waals surface area contributed by atoms with E-state index in [1.807, 2.05) is 11.9 Å². The van der Waals surface area contributed by atoms with E-state index in [4.69, 9.17) is 4.74 Å². The first-order valence-electron chi connectivity index (χ1n) is 11.2. The molecule has 4 rings (SSSR count). The van der Waals surface area contributed by atoms with Gasteiger partial charge in [0.05, 0.1) is 21.3 Å². The highest BCUT2D eigenvalue weighted by Gasteiger charge is 2.36. The van der Waals surface area contributed by atoms with E-state index in [9.17, 15) is 34.8 Å². The van der Waals surface area contributed by atoms with Gasteiger partial charge in [0.15, 0.2) is 0 Å². The summed E-state index contributed by atoms with van der Waals surface area (Å²) in [7, 11) is -2.48. The molecule has 1 aromatic heterocycles. The number of likely N-dealkylation sites (N-methyl/N-ethyl adjacent to an activating group) is 1. The van der Waals surface area contributed by atoms with E-state index >= 15 is 0 Å². The first-order valence-corrected chi connectivity index (χ1v) is 14.3. The lowest BCUT2D eigenvalue weighted by atomic mass is 10.1. The fourth-order valence-corrected chi connectivity index (χ4v) is 6.36. The van der Waals surface area contributed by atoms with Gasteiger partial charge in [0.1, 0.15) is 21.8 Å². The predicted octanol–water partition coefficient (Wildman–Crippen LogP) is 6.92. The quantitative estimate of drug-likeness (QED) is 0.279. The lowest BCUT2D eigenvalue weighted by Crippen LogP contribution is -2.23. The molecule has 1 unspecified atom stereocenters. The Balaban J connectivity index is 1.55. The Bertz CT molecular complexity index is 1470. The van der Waals surface area contributed by atoms with Gasteiger partial charge in [-0.1, -0.05) is 17.8 Å². The molecule has 0 radical (unpaired) electrons. The van der Waals surface area contributed by atoms with E-state index in [2.05, 4.69) is 25.6 Å². The molecule has 15 heteroatoms. The molecule has 1 aliphatic rings. The third kappa shape index (κ3) is 7.38. The third-order valence-electron chi connectivity index (χ3n) is 5.65. The highest BCUT2D eigenvalue weighted by molar-refractivity contribution is 9.10. The second kappa shape index (κ2) is 11.2. The molecule has 39 heavy (non-hydrogen) atoms. The van der Waals surface area contributed by atoms with Crippen molar-refractivity contribution in [2.24, 2.45) is 0 Å². The average molecular weight is 656 g/mol. The van der Waals surface area contributed by atoms with E-state index < -0.39 is 45.4 Å². The number of nitrogens with zero attached hydrogens (tertiary/aromatic N) is 2. The van der Waals surface area contributed by atoms with Crippen LogP contribution in [0.2, 0.25) is 0 Å². The van der Waals surface area contributed by atoms with Crippen LogP contribution in [-0.2, 0) is 22.4 Å². The molecule has 1 aliphatic heterocycles. The highest BCUT2D eigenvalue weighted by Crippen LogP contribution is 2.40. The number of ether oxygens (including phenoxy) is 1. The number of halogens is 7. The molecule has 210 valence electrons. The number of sulfonamides is 1. The molecule has 0 saturated carbocycles. The normalized spacial score (nSPS) is 16.9. The minimum absolute atomic E-state index is 0.150. The number of alkyl halides is 6. The Kier molecular flexibility index (Phi) is 8.45. The Hall–Kier alpha value is -2.49. The van der Waals surface area contributed by atoms with Crippen LogP contribution in [0.15, 0.2) is 74.0 Å². The van der Waals surface area contributed by atoms with Gasteiger partial charge in [0.2, 0.25) is 0 Å². The minimum Gasteiger partial charge on any atom is -0.488 e. The zero-order valence-corrected chi connectivity index (χ0v) is 23.2. The van der Waals surface area contributed by atoms with Crippen molar-refractivity contribution in [3.63, 3.8) is 0 Å². The summed E-state index contributed by atoms with van der Waals surface area (Å²) >= 11 is 4.08. The second-order valence-electron chi connectivity index (χ2n) is 8.69. The molecule has 2 aromatic carbocycles. The molecule has 2 heterocycles. The molecule has 3 aromatic rings. The SMILES string of the molecule is CN1CCC(Oc2cc(NS(=O)(=O)c3cnc(Sc4cccc(C(F)(F)F)c4)c(Br)c3)ccc2C(F)(F)F)C1. The summed E-state index contributed by atoms with van der Waals surface area (Å²) < 4.78 is 114. The van der Waals surface area contributed by atoms with Gasteiger partial charge in [-0.25, -0.2) is 13.4 Å². The number of hydrogen-bond acceptors (Lipinski definition) is 6. The van der Waals surface area contributed by atoms with Gasteiger partial charge < -0.3 is 9.64 Å². The number of anilines is 1. The smallest absolute Gasteiger partial charge is 0.419 e. The van der Waals surface area contributed by atoms with Crippen LogP contribution in [-0.4, -0.2) is 44.5 Å². The number of aromatic nitrogens is 1. The van der Waals surface area contributed by atoms with Gasteiger partial charge in [0.25, 0.3) is 10.0 Å². The second-order valence-corrected chi connectivity index (χ2v) is 12.3. The summed E-state index contributed by atoms with van der Waals surface area (Å²) in [6.07, 6.45) is -8.20. The maximum absolute atomic E-state index is 13.6. The minimum atomic E-state index is -4.71. The maximum atomic E-state index is 13.6. The number of pyridine rings is 1. The number of rotatable bonds is 7. The Labute approximate surface area is 232 Å². The van der Waals surface area contributed by atoms with Gasteiger partial charge in [-0.3, -0.25) is 4.72 Å². The molecular formula is C24H20BrF6N3O3S2. The molecule has 1 atom stereocenters. The van der Waals surface area contributed by atoms with E-state index in [-0.39, 0.29) is 25.0 Å². The zero-order chi connectivity index (χ0) is 28.6. The van der Waals surface area contributed by atoms with Crippen LogP contribution in [0.5, 0.6) is 5.75 Å². The van der Waals surface area contributed by atoms with E-state index in [1.54, 1.807) is 0 Å². The molecule has 0 amide bonds. The van der Waals surface area contributed by atoms with Gasteiger partial charge in [-0.15, -0.1) is 0 Å². The Morgan fingerprint density at radius 3 is 2.44 bits per heavy atom. The van der Waals surface area contributed by atoms with Crippen LogP contribution in [0.3, 0.4) is 0 Å². The summed E-state index contributed by atoms with van der Waals surface area (Å²) in [4.78, 5) is 5.87. The number of benzene rings is 2. The molecule has 6 nitrogen and oxygen atoms in total. The summed E-state index contributed by atoms with van der Waals surface area (Å²) in [5.41, 5.74) is -2.02. The summed E-state index contributed by atoms with van der Waals surface area (Å²) in [6, 6.07) is 8.48. The Morgan fingerprint density at radius 1 is 1.08 bits per heavy atom. The van der Waals surface area contributed by atoms with Crippen LogP contribution in [0.1, 0.15) is 17.5 Å². The van der Waals surface area contributed by atoms with Crippen molar-refractivity contribution in [1.82, 2.24) is 9.88 Å². The maximum Gasteiger partial charge on any atom is 0.419 e. The van der Waals surface area contributed by atoms with Gasteiger partial charge in [-0.05, 0) is 65.8 Å².